The van der Waals surface area contributed by atoms with E-state index in [1.165, 1.54) is 6.42 Å². The Kier molecular flexibility index (Phi) is 5.82. The Morgan fingerprint density at radius 2 is 1.96 bits per heavy atom. The molecular weight excluding hydrogens is 348 g/mol. The van der Waals surface area contributed by atoms with E-state index in [4.69, 9.17) is 16.3 Å². The van der Waals surface area contributed by atoms with Crippen LogP contribution in [0.15, 0.2) is 36.4 Å². The smallest absolute Gasteiger partial charge is 0.272 e. The predicted molar refractivity (Wildman–Crippen MR) is 104 cm³/mol. The molecule has 4 nitrogen and oxygen atoms in total. The molecule has 2 atom stereocenters. The molecule has 1 aromatic heterocycles. The van der Waals surface area contributed by atoms with Gasteiger partial charge in [-0.15, -0.1) is 0 Å². The SMILES string of the molecule is Cc1ccc(OCc2cccc(C(=O)N3CC(C)CC(C)C3)n2)c(Cl)c1. The highest BCUT2D eigenvalue weighted by molar-refractivity contribution is 6.32. The maximum atomic E-state index is 12.8. The van der Waals surface area contributed by atoms with E-state index in [0.29, 0.717) is 34.0 Å². The maximum Gasteiger partial charge on any atom is 0.272 e. The Morgan fingerprint density at radius 3 is 2.65 bits per heavy atom. The summed E-state index contributed by atoms with van der Waals surface area (Å²) in [6.45, 7) is 8.23. The largest absolute Gasteiger partial charge is 0.486 e. The summed E-state index contributed by atoms with van der Waals surface area (Å²) in [5.74, 6) is 1.67. The van der Waals surface area contributed by atoms with Gasteiger partial charge in [0.25, 0.3) is 5.91 Å². The van der Waals surface area contributed by atoms with E-state index in [0.717, 1.165) is 18.7 Å². The van der Waals surface area contributed by atoms with Gasteiger partial charge in [-0.3, -0.25) is 4.79 Å². The number of rotatable bonds is 4. The van der Waals surface area contributed by atoms with Crippen LogP contribution in [0, 0.1) is 18.8 Å². The monoisotopic (exact) mass is 372 g/mol. The molecule has 0 spiro atoms. The number of benzene rings is 1. The van der Waals surface area contributed by atoms with Crippen molar-refractivity contribution in [3.63, 3.8) is 0 Å². The van der Waals surface area contributed by atoms with Crippen molar-refractivity contribution in [3.8, 4) is 5.75 Å². The number of pyridine rings is 1. The van der Waals surface area contributed by atoms with Crippen molar-refractivity contribution in [2.45, 2.75) is 33.8 Å². The molecule has 0 radical (unpaired) electrons. The minimum atomic E-state index is -0.00128. The fraction of sp³-hybridized carbons (Fsp3) is 0.429. The van der Waals surface area contributed by atoms with Gasteiger partial charge in [0.15, 0.2) is 0 Å². The average Bonchev–Trinajstić information content (AvgIpc) is 2.60. The zero-order valence-corrected chi connectivity index (χ0v) is 16.3. The van der Waals surface area contributed by atoms with Crippen molar-refractivity contribution in [2.24, 2.45) is 11.8 Å². The highest BCUT2D eigenvalue weighted by atomic mass is 35.5. The van der Waals surface area contributed by atoms with Crippen molar-refractivity contribution < 1.29 is 9.53 Å². The zero-order chi connectivity index (χ0) is 18.7. The van der Waals surface area contributed by atoms with Crippen LogP contribution in [-0.4, -0.2) is 28.9 Å². The van der Waals surface area contributed by atoms with E-state index in [2.05, 4.69) is 18.8 Å². The highest BCUT2D eigenvalue weighted by Crippen LogP contribution is 2.26. The van der Waals surface area contributed by atoms with E-state index in [1.54, 1.807) is 6.07 Å². The van der Waals surface area contributed by atoms with Crippen LogP contribution in [0.2, 0.25) is 5.02 Å². The van der Waals surface area contributed by atoms with Gasteiger partial charge in [-0.2, -0.15) is 0 Å². The zero-order valence-electron chi connectivity index (χ0n) is 15.5. The van der Waals surface area contributed by atoms with Crippen LogP contribution in [0.25, 0.3) is 0 Å². The second-order valence-electron chi connectivity index (χ2n) is 7.39. The van der Waals surface area contributed by atoms with Crippen molar-refractivity contribution in [1.82, 2.24) is 9.88 Å². The molecule has 2 unspecified atom stereocenters. The molecule has 0 aliphatic carbocycles. The quantitative estimate of drug-likeness (QED) is 0.778. The molecule has 2 heterocycles. The van der Waals surface area contributed by atoms with Crippen LogP contribution in [-0.2, 0) is 6.61 Å². The van der Waals surface area contributed by atoms with Gasteiger partial charge in [0.05, 0.1) is 10.7 Å². The third kappa shape index (κ3) is 4.55. The van der Waals surface area contributed by atoms with Gasteiger partial charge < -0.3 is 9.64 Å². The number of ether oxygens (including phenoxy) is 1. The molecule has 138 valence electrons. The van der Waals surface area contributed by atoms with Crippen LogP contribution in [0.5, 0.6) is 5.75 Å². The van der Waals surface area contributed by atoms with Crippen LogP contribution >= 0.6 is 11.6 Å². The van der Waals surface area contributed by atoms with Gasteiger partial charge in [0.2, 0.25) is 0 Å². The second-order valence-corrected chi connectivity index (χ2v) is 7.80. The first kappa shape index (κ1) is 18.7. The molecule has 26 heavy (non-hydrogen) atoms. The van der Waals surface area contributed by atoms with Crippen molar-refractivity contribution in [2.75, 3.05) is 13.1 Å². The van der Waals surface area contributed by atoms with Gasteiger partial charge in [0.1, 0.15) is 18.1 Å². The van der Waals surface area contributed by atoms with Crippen LogP contribution in [0.1, 0.15) is 42.0 Å². The number of hydrogen-bond acceptors (Lipinski definition) is 3. The van der Waals surface area contributed by atoms with Crippen molar-refractivity contribution in [3.05, 3.63) is 58.4 Å². The number of amides is 1. The molecule has 1 amide bonds. The fourth-order valence-corrected chi connectivity index (χ4v) is 3.83. The lowest BCUT2D eigenvalue weighted by Gasteiger charge is -2.34. The number of piperidine rings is 1. The molecule has 2 aromatic rings. The van der Waals surface area contributed by atoms with E-state index in [1.807, 2.05) is 42.2 Å². The lowest BCUT2D eigenvalue weighted by atomic mass is 9.92. The summed E-state index contributed by atoms with van der Waals surface area (Å²) in [7, 11) is 0. The number of aromatic nitrogens is 1. The molecule has 0 N–H and O–H groups in total. The van der Waals surface area contributed by atoms with Gasteiger partial charge in [-0.25, -0.2) is 4.98 Å². The summed E-state index contributed by atoms with van der Waals surface area (Å²) < 4.78 is 5.77. The Bertz CT molecular complexity index is 783. The summed E-state index contributed by atoms with van der Waals surface area (Å²) in [4.78, 5) is 19.2. The Morgan fingerprint density at radius 1 is 1.23 bits per heavy atom. The van der Waals surface area contributed by atoms with Gasteiger partial charge in [-0.05, 0) is 55.0 Å². The first-order valence-corrected chi connectivity index (χ1v) is 9.44. The number of carbonyl (C=O) groups is 1. The second kappa shape index (κ2) is 8.09. The van der Waals surface area contributed by atoms with Crippen LogP contribution < -0.4 is 4.74 Å². The summed E-state index contributed by atoms with van der Waals surface area (Å²) in [5.41, 5.74) is 2.27. The van der Waals surface area contributed by atoms with Crippen LogP contribution in [0.4, 0.5) is 0 Å². The van der Waals surface area contributed by atoms with E-state index in [9.17, 15) is 4.79 Å². The summed E-state index contributed by atoms with van der Waals surface area (Å²) in [5, 5.41) is 0.577. The van der Waals surface area contributed by atoms with Crippen molar-refractivity contribution in [1.29, 1.82) is 0 Å². The van der Waals surface area contributed by atoms with Gasteiger partial charge >= 0.3 is 0 Å². The lowest BCUT2D eigenvalue weighted by Crippen LogP contribution is -2.42. The molecule has 1 aliphatic heterocycles. The summed E-state index contributed by atoms with van der Waals surface area (Å²) >= 11 is 6.20. The van der Waals surface area contributed by atoms with Crippen molar-refractivity contribution >= 4 is 17.5 Å². The molecule has 0 bridgehead atoms. The Hall–Kier alpha value is -2.07. The third-order valence-electron chi connectivity index (χ3n) is 4.64. The predicted octanol–water partition coefficient (Wildman–Crippen LogP) is 4.74. The molecule has 1 aromatic carbocycles. The van der Waals surface area contributed by atoms with E-state index >= 15 is 0 Å². The third-order valence-corrected chi connectivity index (χ3v) is 4.94. The Labute approximate surface area is 160 Å². The number of likely N-dealkylation sites (tertiary alicyclic amines) is 1. The lowest BCUT2D eigenvalue weighted by molar-refractivity contribution is 0.0616. The Balaban J connectivity index is 1.68. The number of halogens is 1. The fourth-order valence-electron chi connectivity index (χ4n) is 3.54. The number of carbonyl (C=O) groups excluding carboxylic acids is 1. The first-order chi connectivity index (χ1) is 12.4. The molecular formula is C21H25ClN2O2. The molecule has 1 saturated heterocycles. The number of aryl methyl sites for hydroxylation is 1. The standard InChI is InChI=1S/C21H25ClN2O2/c1-14-7-8-20(18(22)10-14)26-13-17-5-4-6-19(23-17)21(25)24-11-15(2)9-16(3)12-24/h4-8,10,15-16H,9,11-13H2,1-3H3. The molecule has 3 rings (SSSR count). The van der Waals surface area contributed by atoms with E-state index in [-0.39, 0.29) is 12.5 Å². The minimum Gasteiger partial charge on any atom is -0.486 e. The molecule has 1 aliphatic rings. The number of nitrogens with zero attached hydrogens (tertiary/aromatic N) is 2. The van der Waals surface area contributed by atoms with Crippen LogP contribution in [0.3, 0.4) is 0 Å². The molecule has 0 saturated carbocycles. The van der Waals surface area contributed by atoms with E-state index < -0.39 is 0 Å². The first-order valence-electron chi connectivity index (χ1n) is 9.06. The van der Waals surface area contributed by atoms with Gasteiger partial charge in [0, 0.05) is 13.1 Å². The number of hydrogen-bond donors (Lipinski definition) is 0. The topological polar surface area (TPSA) is 42.4 Å². The average molecular weight is 373 g/mol. The molecule has 1 fully saturated rings. The highest BCUT2D eigenvalue weighted by Gasteiger charge is 2.26. The summed E-state index contributed by atoms with van der Waals surface area (Å²) in [6.07, 6.45) is 1.17. The maximum absolute atomic E-state index is 12.8. The summed E-state index contributed by atoms with van der Waals surface area (Å²) in [6, 6.07) is 11.2. The van der Waals surface area contributed by atoms with Gasteiger partial charge in [-0.1, -0.05) is 37.6 Å². The normalized spacial score (nSPS) is 20.1. The minimum absolute atomic E-state index is 0.00128. The molecule has 5 heteroatoms.